The van der Waals surface area contributed by atoms with Crippen LogP contribution < -0.4 is 4.90 Å². The molecule has 3 amide bonds. The van der Waals surface area contributed by atoms with Crippen LogP contribution in [0.4, 0.5) is 10.6 Å². The van der Waals surface area contributed by atoms with E-state index in [1.807, 2.05) is 17.0 Å². The van der Waals surface area contributed by atoms with Crippen LogP contribution in [0, 0.1) is 0 Å². The predicted octanol–water partition coefficient (Wildman–Crippen LogP) is 2.23. The highest BCUT2D eigenvalue weighted by Crippen LogP contribution is 2.50. The Kier molecular flexibility index (Phi) is 5.58. The van der Waals surface area contributed by atoms with Gasteiger partial charge in [0.25, 0.3) is 0 Å². The summed E-state index contributed by atoms with van der Waals surface area (Å²) in [6.45, 7) is 1.68. The molecule has 4 aliphatic rings. The topological polar surface area (TPSA) is 110 Å². The molecule has 4 aliphatic heterocycles. The molecule has 5 heterocycles. The van der Waals surface area contributed by atoms with Crippen molar-refractivity contribution in [3.8, 4) is 0 Å². The molecule has 13 heteroatoms. The summed E-state index contributed by atoms with van der Waals surface area (Å²) < 4.78 is 29.1. The second-order valence-electron chi connectivity index (χ2n) is 11.2. The lowest BCUT2D eigenvalue weighted by molar-refractivity contribution is -0.143. The summed E-state index contributed by atoms with van der Waals surface area (Å²) in [5.41, 5.74) is -1.65. The monoisotopic (exact) mass is 581 g/mol. The number of carbonyl (C=O) groups is 2. The number of piperazine rings is 1. The maximum absolute atomic E-state index is 13.9. The molecular formula is C27H28ClN7O4S. The zero-order valence-corrected chi connectivity index (χ0v) is 23.5. The molecule has 3 aromatic rings. The summed E-state index contributed by atoms with van der Waals surface area (Å²) in [7, 11) is -2.32. The average Bonchev–Trinajstić information content (AvgIpc) is 3.37. The van der Waals surface area contributed by atoms with E-state index in [0.29, 0.717) is 37.5 Å². The van der Waals surface area contributed by atoms with Gasteiger partial charge >= 0.3 is 6.03 Å². The smallest absolute Gasteiger partial charge is 0.322 e. The fraction of sp³-hybridized carbons (Fsp3) is 0.407. The largest absolute Gasteiger partial charge is 0.355 e. The number of amides is 3. The molecule has 0 bridgehead atoms. The maximum atomic E-state index is 13.9. The summed E-state index contributed by atoms with van der Waals surface area (Å²) in [4.78, 5) is 34.8. The summed E-state index contributed by atoms with van der Waals surface area (Å²) >= 11 is 6.10. The lowest BCUT2D eigenvalue weighted by Crippen LogP contribution is -2.68. The second-order valence-corrected chi connectivity index (χ2v) is 13.5. The number of urea groups is 1. The standard InChI is InChI=1S/C27H28ClN7O4S/c1-31-17-27-18-33(40(38,39)22-7-5-19-13-21(28)6-4-20(19)14-22)15-24(36)34(27)16-26(35(27)25(31)37)8-11-32(12-9-26)23-3-2-10-29-30-23/h2-7,10,13-14H,8-9,11-12,15-18H2,1H3. The minimum absolute atomic E-state index is 0.0193. The minimum atomic E-state index is -4.03. The third-order valence-electron chi connectivity index (χ3n) is 8.88. The van der Waals surface area contributed by atoms with E-state index < -0.39 is 21.2 Å². The molecule has 0 radical (unpaired) electrons. The van der Waals surface area contributed by atoms with Gasteiger partial charge in [-0.15, -0.1) is 5.10 Å². The first-order valence-electron chi connectivity index (χ1n) is 13.2. The quantitative estimate of drug-likeness (QED) is 0.466. The van der Waals surface area contributed by atoms with Gasteiger partial charge in [0.1, 0.15) is 0 Å². The van der Waals surface area contributed by atoms with E-state index in [-0.39, 0.29) is 36.5 Å². The van der Waals surface area contributed by atoms with Crippen LogP contribution in [0.25, 0.3) is 10.8 Å². The van der Waals surface area contributed by atoms with Gasteiger partial charge in [-0.2, -0.15) is 9.40 Å². The molecule has 11 nitrogen and oxygen atoms in total. The van der Waals surface area contributed by atoms with Gasteiger partial charge < -0.3 is 14.7 Å². The number of carbonyl (C=O) groups excluding carboxylic acids is 2. The molecule has 208 valence electrons. The molecule has 2 spiro atoms. The van der Waals surface area contributed by atoms with Crippen molar-refractivity contribution in [1.29, 1.82) is 0 Å². The number of rotatable bonds is 3. The Hall–Kier alpha value is -3.48. The Morgan fingerprint density at radius 1 is 0.950 bits per heavy atom. The number of anilines is 1. The third-order valence-corrected chi connectivity index (χ3v) is 10.9. The highest BCUT2D eigenvalue weighted by molar-refractivity contribution is 7.89. The Labute approximate surface area is 236 Å². The van der Waals surface area contributed by atoms with E-state index in [2.05, 4.69) is 15.1 Å². The van der Waals surface area contributed by atoms with Crippen molar-refractivity contribution in [2.75, 3.05) is 51.2 Å². The number of likely N-dealkylation sites (N-methyl/N-ethyl adjacent to an activating group) is 1. The van der Waals surface area contributed by atoms with Crippen molar-refractivity contribution in [3.05, 3.63) is 59.8 Å². The molecule has 2 aromatic carbocycles. The molecule has 7 rings (SSSR count). The SMILES string of the molecule is CN1CC23CN(S(=O)(=O)c4ccc5cc(Cl)ccc5c4)CC(=O)N2CC2(CCN(c4cccnn4)CC2)N3C1=O. The van der Waals surface area contributed by atoms with E-state index >= 15 is 0 Å². The van der Waals surface area contributed by atoms with E-state index in [9.17, 15) is 18.0 Å². The third kappa shape index (κ3) is 3.62. The zero-order valence-electron chi connectivity index (χ0n) is 21.9. The number of halogens is 1. The van der Waals surface area contributed by atoms with Crippen molar-refractivity contribution in [2.45, 2.75) is 28.9 Å². The van der Waals surface area contributed by atoms with Crippen LogP contribution in [0.15, 0.2) is 59.6 Å². The van der Waals surface area contributed by atoms with Gasteiger partial charge in [0.05, 0.1) is 30.1 Å². The molecule has 4 saturated heterocycles. The summed E-state index contributed by atoms with van der Waals surface area (Å²) in [6.07, 6.45) is 2.90. The van der Waals surface area contributed by atoms with E-state index in [0.717, 1.165) is 16.6 Å². The first kappa shape index (κ1) is 25.5. The number of sulfonamides is 1. The van der Waals surface area contributed by atoms with Crippen molar-refractivity contribution in [3.63, 3.8) is 0 Å². The summed E-state index contributed by atoms with van der Waals surface area (Å²) in [5, 5.41) is 10.3. The average molecular weight is 582 g/mol. The van der Waals surface area contributed by atoms with Gasteiger partial charge in [-0.3, -0.25) is 9.69 Å². The van der Waals surface area contributed by atoms with Crippen LogP contribution in [0.5, 0.6) is 0 Å². The number of aromatic nitrogens is 2. The molecule has 0 N–H and O–H groups in total. The molecular weight excluding hydrogens is 554 g/mol. The van der Waals surface area contributed by atoms with Crippen LogP contribution in [0.3, 0.4) is 0 Å². The molecule has 0 saturated carbocycles. The lowest BCUT2D eigenvalue weighted by Gasteiger charge is -2.48. The number of nitrogens with zero attached hydrogens (tertiary/aromatic N) is 7. The van der Waals surface area contributed by atoms with Crippen molar-refractivity contribution < 1.29 is 18.0 Å². The van der Waals surface area contributed by atoms with Gasteiger partial charge in [-0.1, -0.05) is 23.7 Å². The predicted molar refractivity (Wildman–Crippen MR) is 148 cm³/mol. The highest BCUT2D eigenvalue weighted by Gasteiger charge is 2.69. The van der Waals surface area contributed by atoms with Crippen molar-refractivity contribution in [1.82, 2.24) is 29.2 Å². The summed E-state index contributed by atoms with van der Waals surface area (Å²) in [6, 6.07) is 13.7. The second kappa shape index (κ2) is 8.76. The van der Waals surface area contributed by atoms with Crippen LogP contribution in [-0.4, -0.2) is 107 Å². The number of fused-ring (bicyclic) bond motifs is 2. The van der Waals surface area contributed by atoms with E-state index in [4.69, 9.17) is 11.6 Å². The zero-order chi connectivity index (χ0) is 27.9. The van der Waals surface area contributed by atoms with Crippen molar-refractivity contribution >= 4 is 50.2 Å². The van der Waals surface area contributed by atoms with Crippen LogP contribution in [-0.2, 0) is 14.8 Å². The van der Waals surface area contributed by atoms with Gasteiger partial charge in [0.15, 0.2) is 11.5 Å². The highest BCUT2D eigenvalue weighted by atomic mass is 35.5. The first-order chi connectivity index (χ1) is 19.1. The molecule has 40 heavy (non-hydrogen) atoms. The number of piperidine rings is 1. The normalized spacial score (nSPS) is 24.8. The fourth-order valence-electron chi connectivity index (χ4n) is 7.00. The van der Waals surface area contributed by atoms with Crippen LogP contribution in [0.1, 0.15) is 12.8 Å². The number of hydrogen-bond acceptors (Lipinski definition) is 7. The van der Waals surface area contributed by atoms with Crippen LogP contribution >= 0.6 is 11.6 Å². The van der Waals surface area contributed by atoms with Crippen molar-refractivity contribution in [2.24, 2.45) is 0 Å². The molecule has 4 fully saturated rings. The molecule has 1 atom stereocenters. The number of hydrogen-bond donors (Lipinski definition) is 0. The Balaban J connectivity index is 1.22. The van der Waals surface area contributed by atoms with Gasteiger partial charge in [-0.25, -0.2) is 13.2 Å². The first-order valence-corrected chi connectivity index (χ1v) is 15.0. The van der Waals surface area contributed by atoms with E-state index in [1.165, 1.54) is 4.31 Å². The molecule has 1 aromatic heterocycles. The Bertz CT molecular complexity index is 1650. The van der Waals surface area contributed by atoms with Gasteiger partial charge in [0, 0.05) is 37.9 Å². The summed E-state index contributed by atoms with van der Waals surface area (Å²) in [5.74, 6) is 0.488. The van der Waals surface area contributed by atoms with Crippen LogP contribution in [0.2, 0.25) is 5.02 Å². The van der Waals surface area contributed by atoms with E-state index in [1.54, 1.807) is 59.4 Å². The molecule has 1 unspecified atom stereocenters. The Morgan fingerprint density at radius 2 is 1.70 bits per heavy atom. The fourth-order valence-corrected chi connectivity index (χ4v) is 8.65. The lowest BCUT2D eigenvalue weighted by atomic mass is 9.86. The van der Waals surface area contributed by atoms with Gasteiger partial charge in [-0.05, 0) is 60.0 Å². The number of benzene rings is 2. The molecule has 0 aliphatic carbocycles. The maximum Gasteiger partial charge on any atom is 0.322 e. The Morgan fingerprint density at radius 3 is 2.45 bits per heavy atom. The minimum Gasteiger partial charge on any atom is -0.355 e. The van der Waals surface area contributed by atoms with Gasteiger partial charge in [0.2, 0.25) is 15.9 Å².